The van der Waals surface area contributed by atoms with Gasteiger partial charge in [0.15, 0.2) is 0 Å². The Balaban J connectivity index is 1.22. The van der Waals surface area contributed by atoms with Crippen molar-refractivity contribution in [3.63, 3.8) is 0 Å². The van der Waals surface area contributed by atoms with Crippen LogP contribution >= 0.6 is 0 Å². The van der Waals surface area contributed by atoms with E-state index in [1.165, 1.54) is 59.7 Å². The molecule has 0 aromatic heterocycles. The first-order valence-electron chi connectivity index (χ1n) is 16.7. The minimum absolute atomic E-state index is 0.120. The van der Waals surface area contributed by atoms with E-state index in [-0.39, 0.29) is 30.5 Å². The SMILES string of the molecule is Cc1ccc(CN(C(=O)CN(c2ccc(C34CC5CC(CC(C5)C3)C4)cc2)S(C)(=O)=O)[C@@H](C)C(=O)NC2CCCCC2)cc1. The zero-order valence-electron chi connectivity index (χ0n) is 26.6. The summed E-state index contributed by atoms with van der Waals surface area (Å²) >= 11 is 0. The number of hydrogen-bond acceptors (Lipinski definition) is 4. The van der Waals surface area contributed by atoms with Gasteiger partial charge in [-0.15, -0.1) is 0 Å². The molecule has 8 heteroatoms. The average molecular weight is 620 g/mol. The molecule has 0 aliphatic heterocycles. The Kier molecular flexibility index (Phi) is 8.84. The van der Waals surface area contributed by atoms with Gasteiger partial charge in [0.1, 0.15) is 12.6 Å². The van der Waals surface area contributed by atoms with Crippen molar-refractivity contribution in [1.82, 2.24) is 10.2 Å². The van der Waals surface area contributed by atoms with Gasteiger partial charge in [0.05, 0.1) is 11.9 Å². The standard InChI is InChI=1S/C36H49N3O4S/c1-25-9-11-27(12-10-25)23-38(26(2)35(41)37-32-7-5-4-6-8-32)34(40)24-39(44(3,42)43)33-15-13-31(14-16-33)36-20-28-17-29(21-36)19-30(18-28)22-36/h9-16,26,28-30,32H,4-8,17-24H2,1-3H3,(H,37,41)/t26-,28?,29?,30?,36?/m0/s1. The second-order valence-electron chi connectivity index (χ2n) is 14.5. The summed E-state index contributed by atoms with van der Waals surface area (Å²) in [7, 11) is -3.77. The molecule has 0 heterocycles. The van der Waals surface area contributed by atoms with Crippen LogP contribution in [0.15, 0.2) is 48.5 Å². The smallest absolute Gasteiger partial charge is 0.244 e. The quantitative estimate of drug-likeness (QED) is 0.349. The van der Waals surface area contributed by atoms with Crippen LogP contribution in [0.2, 0.25) is 0 Å². The maximum atomic E-state index is 14.0. The van der Waals surface area contributed by atoms with E-state index in [2.05, 4.69) is 17.4 Å². The first-order valence-corrected chi connectivity index (χ1v) is 18.6. The fourth-order valence-corrected chi connectivity index (χ4v) is 9.95. The highest BCUT2D eigenvalue weighted by Crippen LogP contribution is 2.60. The van der Waals surface area contributed by atoms with Gasteiger partial charge >= 0.3 is 0 Å². The fourth-order valence-electron chi connectivity index (χ4n) is 9.10. The van der Waals surface area contributed by atoms with Gasteiger partial charge in [-0.2, -0.15) is 0 Å². The molecular formula is C36H49N3O4S. The molecule has 0 radical (unpaired) electrons. The Hall–Kier alpha value is -2.87. The highest BCUT2D eigenvalue weighted by Gasteiger charge is 2.51. The monoisotopic (exact) mass is 619 g/mol. The normalized spacial score (nSPS) is 27.1. The summed E-state index contributed by atoms with van der Waals surface area (Å²) in [5.74, 6) is 1.88. The summed E-state index contributed by atoms with van der Waals surface area (Å²) in [5.41, 5.74) is 4.02. The van der Waals surface area contributed by atoms with Crippen LogP contribution in [0.5, 0.6) is 0 Å². The second kappa shape index (κ2) is 12.5. The minimum atomic E-state index is -3.77. The summed E-state index contributed by atoms with van der Waals surface area (Å²) < 4.78 is 27.5. The van der Waals surface area contributed by atoms with Crippen LogP contribution in [0, 0.1) is 24.7 Å². The molecule has 1 N–H and O–H groups in total. The largest absolute Gasteiger partial charge is 0.352 e. The van der Waals surface area contributed by atoms with Crippen LogP contribution in [0.4, 0.5) is 5.69 Å². The van der Waals surface area contributed by atoms with Gasteiger partial charge in [-0.3, -0.25) is 13.9 Å². The third-order valence-electron chi connectivity index (χ3n) is 11.1. The maximum Gasteiger partial charge on any atom is 0.244 e. The number of anilines is 1. The first-order chi connectivity index (χ1) is 21.0. The molecule has 2 aromatic rings. The number of carbonyl (C=O) groups is 2. The molecule has 4 bridgehead atoms. The lowest BCUT2D eigenvalue weighted by Crippen LogP contribution is -2.53. The van der Waals surface area contributed by atoms with Crippen molar-refractivity contribution in [2.45, 2.75) is 109 Å². The van der Waals surface area contributed by atoms with Crippen molar-refractivity contribution in [3.8, 4) is 0 Å². The molecule has 5 aliphatic carbocycles. The molecule has 238 valence electrons. The molecule has 2 aromatic carbocycles. The molecule has 44 heavy (non-hydrogen) atoms. The summed E-state index contributed by atoms with van der Waals surface area (Å²) in [6.07, 6.45) is 14.3. The number of amides is 2. The second-order valence-corrected chi connectivity index (χ2v) is 16.4. The number of rotatable bonds is 10. The van der Waals surface area contributed by atoms with Gasteiger partial charge in [-0.25, -0.2) is 8.42 Å². The summed E-state index contributed by atoms with van der Waals surface area (Å²) in [5, 5.41) is 3.16. The summed E-state index contributed by atoms with van der Waals surface area (Å²) in [4.78, 5) is 29.0. The average Bonchev–Trinajstić information content (AvgIpc) is 2.98. The van der Waals surface area contributed by atoms with Crippen molar-refractivity contribution < 1.29 is 18.0 Å². The lowest BCUT2D eigenvalue weighted by Gasteiger charge is -2.57. The lowest BCUT2D eigenvalue weighted by molar-refractivity contribution is -0.139. The highest BCUT2D eigenvalue weighted by molar-refractivity contribution is 7.92. The van der Waals surface area contributed by atoms with Crippen molar-refractivity contribution in [1.29, 1.82) is 0 Å². The van der Waals surface area contributed by atoms with E-state index in [0.29, 0.717) is 5.69 Å². The molecule has 0 unspecified atom stereocenters. The number of carbonyl (C=O) groups excluding carboxylic acids is 2. The number of benzene rings is 2. The zero-order chi connectivity index (χ0) is 31.1. The first kappa shape index (κ1) is 31.1. The van der Waals surface area contributed by atoms with Crippen molar-refractivity contribution in [2.75, 3.05) is 17.1 Å². The van der Waals surface area contributed by atoms with Gasteiger partial charge in [-0.1, -0.05) is 61.2 Å². The molecule has 7 rings (SSSR count). The van der Waals surface area contributed by atoms with Crippen molar-refractivity contribution >= 4 is 27.5 Å². The van der Waals surface area contributed by atoms with Crippen molar-refractivity contribution in [2.24, 2.45) is 17.8 Å². The zero-order valence-corrected chi connectivity index (χ0v) is 27.5. The van der Waals surface area contributed by atoms with Gasteiger partial charge in [0.2, 0.25) is 21.8 Å². The van der Waals surface area contributed by atoms with E-state index in [1.807, 2.05) is 43.3 Å². The lowest BCUT2D eigenvalue weighted by atomic mass is 9.48. The molecule has 5 fully saturated rings. The Morgan fingerprint density at radius 3 is 2.00 bits per heavy atom. The van der Waals surface area contributed by atoms with Crippen LogP contribution in [-0.4, -0.2) is 50.0 Å². The molecule has 0 saturated heterocycles. The topological polar surface area (TPSA) is 86.8 Å². The number of hydrogen-bond donors (Lipinski definition) is 1. The van der Waals surface area contributed by atoms with E-state index < -0.39 is 22.0 Å². The predicted molar refractivity (Wildman–Crippen MR) is 175 cm³/mol. The van der Waals surface area contributed by atoms with Gasteiger partial charge in [-0.05, 0) is 112 Å². The van der Waals surface area contributed by atoms with Gasteiger partial charge in [0, 0.05) is 12.6 Å². The van der Waals surface area contributed by atoms with E-state index in [0.717, 1.165) is 60.8 Å². The maximum absolute atomic E-state index is 14.0. The van der Waals surface area contributed by atoms with Crippen LogP contribution in [-0.2, 0) is 31.6 Å². The van der Waals surface area contributed by atoms with E-state index in [9.17, 15) is 18.0 Å². The summed E-state index contributed by atoms with van der Waals surface area (Å²) in [6, 6.07) is 15.2. The van der Waals surface area contributed by atoms with Crippen LogP contribution < -0.4 is 9.62 Å². The molecule has 1 atom stereocenters. The number of nitrogens with zero attached hydrogens (tertiary/aromatic N) is 2. The molecular weight excluding hydrogens is 570 g/mol. The summed E-state index contributed by atoms with van der Waals surface area (Å²) in [6.45, 7) is 3.62. The van der Waals surface area contributed by atoms with E-state index in [4.69, 9.17) is 0 Å². The minimum Gasteiger partial charge on any atom is -0.352 e. The predicted octanol–water partition coefficient (Wildman–Crippen LogP) is 6.10. The Bertz CT molecular complexity index is 1410. The Labute approximate surface area is 263 Å². The van der Waals surface area contributed by atoms with E-state index in [1.54, 1.807) is 6.92 Å². The van der Waals surface area contributed by atoms with Crippen LogP contribution in [0.1, 0.15) is 94.2 Å². The molecule has 7 nitrogen and oxygen atoms in total. The Morgan fingerprint density at radius 2 is 1.45 bits per heavy atom. The molecule has 2 amide bonds. The van der Waals surface area contributed by atoms with Crippen LogP contribution in [0.3, 0.4) is 0 Å². The Morgan fingerprint density at radius 1 is 0.886 bits per heavy atom. The number of nitrogens with one attached hydrogen (secondary N) is 1. The third-order valence-corrected chi connectivity index (χ3v) is 12.2. The number of aryl methyl sites for hydroxylation is 1. The van der Waals surface area contributed by atoms with Crippen LogP contribution in [0.25, 0.3) is 0 Å². The number of sulfonamides is 1. The van der Waals surface area contributed by atoms with Gasteiger partial charge < -0.3 is 10.2 Å². The molecule has 0 spiro atoms. The van der Waals surface area contributed by atoms with Gasteiger partial charge in [0.25, 0.3) is 0 Å². The fraction of sp³-hybridized carbons (Fsp3) is 0.611. The third kappa shape index (κ3) is 6.70. The van der Waals surface area contributed by atoms with Crippen molar-refractivity contribution in [3.05, 3.63) is 65.2 Å². The highest BCUT2D eigenvalue weighted by atomic mass is 32.2. The molecule has 5 aliphatic rings. The van der Waals surface area contributed by atoms with E-state index >= 15 is 0 Å². The molecule has 5 saturated carbocycles.